The number of carbonyl (C=O) groups excluding carboxylic acids is 1. The van der Waals surface area contributed by atoms with Gasteiger partial charge in [-0.3, -0.25) is 9.59 Å². The van der Waals surface area contributed by atoms with E-state index in [1.807, 2.05) is 16.8 Å². The molecular weight excluding hydrogens is 262 g/mol. The summed E-state index contributed by atoms with van der Waals surface area (Å²) < 4.78 is 0. The van der Waals surface area contributed by atoms with Crippen molar-refractivity contribution in [1.82, 2.24) is 5.32 Å². The van der Waals surface area contributed by atoms with Gasteiger partial charge >= 0.3 is 5.97 Å². The molecular formula is C14H19NO3S. The number of carbonyl (C=O) groups is 2. The number of hydrogen-bond acceptors (Lipinski definition) is 3. The molecule has 0 aromatic carbocycles. The van der Waals surface area contributed by atoms with Crippen molar-refractivity contribution in [2.24, 2.45) is 11.8 Å². The maximum Gasteiger partial charge on any atom is 0.306 e. The molecule has 0 spiro atoms. The van der Waals surface area contributed by atoms with Crippen molar-refractivity contribution in [1.29, 1.82) is 0 Å². The lowest BCUT2D eigenvalue weighted by molar-refractivity contribution is -0.145. The summed E-state index contributed by atoms with van der Waals surface area (Å²) >= 11 is 1.57. The van der Waals surface area contributed by atoms with Crippen LogP contribution < -0.4 is 5.32 Å². The fourth-order valence-corrected chi connectivity index (χ4v) is 3.33. The highest BCUT2D eigenvalue weighted by molar-refractivity contribution is 7.07. The van der Waals surface area contributed by atoms with E-state index in [0.29, 0.717) is 13.0 Å². The molecule has 0 aliphatic heterocycles. The molecule has 1 amide bonds. The minimum Gasteiger partial charge on any atom is -0.481 e. The first-order valence-electron chi connectivity index (χ1n) is 6.67. The molecule has 1 aromatic heterocycles. The lowest BCUT2D eigenvalue weighted by Gasteiger charge is -2.28. The Balaban J connectivity index is 1.80. The summed E-state index contributed by atoms with van der Waals surface area (Å²) in [6, 6.07) is 1.94. The summed E-state index contributed by atoms with van der Waals surface area (Å²) in [5, 5.41) is 16.0. The number of nitrogens with one attached hydrogen (secondary N) is 1. The van der Waals surface area contributed by atoms with Gasteiger partial charge in [-0.1, -0.05) is 12.8 Å². The van der Waals surface area contributed by atoms with Crippen molar-refractivity contribution in [3.63, 3.8) is 0 Å². The van der Waals surface area contributed by atoms with E-state index in [2.05, 4.69) is 5.32 Å². The topological polar surface area (TPSA) is 66.4 Å². The van der Waals surface area contributed by atoms with Gasteiger partial charge in [-0.25, -0.2) is 0 Å². The third kappa shape index (κ3) is 4.06. The second-order valence-corrected chi connectivity index (χ2v) is 5.88. The van der Waals surface area contributed by atoms with Gasteiger partial charge in [0.15, 0.2) is 0 Å². The van der Waals surface area contributed by atoms with Crippen LogP contribution in [-0.2, 0) is 16.0 Å². The van der Waals surface area contributed by atoms with Gasteiger partial charge in [0.2, 0.25) is 5.91 Å². The quantitative estimate of drug-likeness (QED) is 0.870. The van der Waals surface area contributed by atoms with Crippen molar-refractivity contribution < 1.29 is 14.7 Å². The molecule has 0 saturated heterocycles. The van der Waals surface area contributed by atoms with Crippen LogP contribution in [0.15, 0.2) is 16.8 Å². The second kappa shape index (κ2) is 6.70. The molecule has 0 bridgehead atoms. The van der Waals surface area contributed by atoms with E-state index < -0.39 is 5.97 Å². The molecule has 4 nitrogen and oxygen atoms in total. The van der Waals surface area contributed by atoms with Crippen LogP contribution in [0.3, 0.4) is 0 Å². The van der Waals surface area contributed by atoms with Gasteiger partial charge in [-0.2, -0.15) is 11.3 Å². The number of amides is 1. The highest BCUT2D eigenvalue weighted by Crippen LogP contribution is 2.29. The molecule has 5 heteroatoms. The zero-order valence-corrected chi connectivity index (χ0v) is 11.6. The van der Waals surface area contributed by atoms with Crippen molar-refractivity contribution in [2.75, 3.05) is 6.54 Å². The van der Waals surface area contributed by atoms with Crippen molar-refractivity contribution in [3.8, 4) is 0 Å². The van der Waals surface area contributed by atoms with Crippen LogP contribution in [0.4, 0.5) is 0 Å². The molecule has 104 valence electrons. The predicted molar refractivity (Wildman–Crippen MR) is 74.1 cm³/mol. The number of aliphatic carboxylic acids is 1. The third-order valence-electron chi connectivity index (χ3n) is 3.73. The van der Waals surface area contributed by atoms with Gasteiger partial charge in [-0.15, -0.1) is 0 Å². The van der Waals surface area contributed by atoms with Crippen LogP contribution >= 0.6 is 11.3 Å². The molecule has 1 aromatic rings. The van der Waals surface area contributed by atoms with E-state index in [1.54, 1.807) is 11.3 Å². The number of rotatable bonds is 5. The fraction of sp³-hybridized carbons (Fsp3) is 0.571. The Labute approximate surface area is 116 Å². The Morgan fingerprint density at radius 2 is 2.16 bits per heavy atom. The van der Waals surface area contributed by atoms with Crippen LogP contribution in [0.1, 0.15) is 31.2 Å². The van der Waals surface area contributed by atoms with Gasteiger partial charge in [0, 0.05) is 6.54 Å². The molecule has 2 atom stereocenters. The predicted octanol–water partition coefficient (Wildman–Crippen LogP) is 2.30. The SMILES string of the molecule is O=C(Cc1ccsc1)NCC1CCCCC1C(=O)O. The minimum atomic E-state index is -0.725. The Morgan fingerprint density at radius 1 is 1.37 bits per heavy atom. The molecule has 2 rings (SSSR count). The standard InChI is InChI=1S/C14H19NO3S/c16-13(7-10-5-6-19-9-10)15-8-11-3-1-2-4-12(11)14(17)18/h5-6,9,11-12H,1-4,7-8H2,(H,15,16)(H,17,18). The summed E-state index contributed by atoms with van der Waals surface area (Å²) in [7, 11) is 0. The number of carboxylic acids is 1. The highest BCUT2D eigenvalue weighted by Gasteiger charge is 2.30. The average molecular weight is 281 g/mol. The lowest BCUT2D eigenvalue weighted by atomic mass is 9.79. The average Bonchev–Trinajstić information content (AvgIpc) is 2.89. The van der Waals surface area contributed by atoms with Gasteiger partial charge in [0.25, 0.3) is 0 Å². The van der Waals surface area contributed by atoms with Crippen LogP contribution in [-0.4, -0.2) is 23.5 Å². The van der Waals surface area contributed by atoms with Crippen LogP contribution in [0, 0.1) is 11.8 Å². The maximum atomic E-state index is 11.8. The molecule has 2 N–H and O–H groups in total. The number of thiophene rings is 1. The Kier molecular flexibility index (Phi) is 4.96. The molecule has 1 fully saturated rings. The molecule has 1 heterocycles. The Bertz CT molecular complexity index is 430. The molecule has 2 unspecified atom stereocenters. The van der Waals surface area contributed by atoms with Gasteiger partial charge < -0.3 is 10.4 Å². The third-order valence-corrected chi connectivity index (χ3v) is 4.46. The zero-order chi connectivity index (χ0) is 13.7. The van der Waals surface area contributed by atoms with Crippen LogP contribution in [0.2, 0.25) is 0 Å². The van der Waals surface area contributed by atoms with E-state index in [9.17, 15) is 9.59 Å². The summed E-state index contributed by atoms with van der Waals surface area (Å²) in [5.74, 6) is -0.960. The molecule has 19 heavy (non-hydrogen) atoms. The molecule has 1 aliphatic rings. The zero-order valence-electron chi connectivity index (χ0n) is 10.8. The lowest BCUT2D eigenvalue weighted by Crippen LogP contribution is -2.37. The molecule has 1 aliphatic carbocycles. The fourth-order valence-electron chi connectivity index (χ4n) is 2.66. The van der Waals surface area contributed by atoms with Crippen LogP contribution in [0.25, 0.3) is 0 Å². The Hall–Kier alpha value is -1.36. The smallest absolute Gasteiger partial charge is 0.306 e. The second-order valence-electron chi connectivity index (χ2n) is 5.10. The van der Waals surface area contributed by atoms with E-state index in [4.69, 9.17) is 5.11 Å². The maximum absolute atomic E-state index is 11.8. The molecule has 1 saturated carbocycles. The van der Waals surface area contributed by atoms with E-state index in [-0.39, 0.29) is 17.7 Å². The van der Waals surface area contributed by atoms with Gasteiger partial charge in [-0.05, 0) is 41.1 Å². The minimum absolute atomic E-state index is 0.0203. The first-order valence-corrected chi connectivity index (χ1v) is 7.61. The van der Waals surface area contributed by atoms with Gasteiger partial charge in [0.05, 0.1) is 12.3 Å². The van der Waals surface area contributed by atoms with Crippen molar-refractivity contribution >= 4 is 23.2 Å². The summed E-state index contributed by atoms with van der Waals surface area (Å²) in [5.41, 5.74) is 1.01. The normalized spacial score (nSPS) is 22.9. The largest absolute Gasteiger partial charge is 0.481 e. The number of carboxylic acid groups (broad SMARTS) is 1. The van der Waals surface area contributed by atoms with E-state index in [0.717, 1.165) is 31.2 Å². The summed E-state index contributed by atoms with van der Waals surface area (Å²) in [6.07, 6.45) is 4.06. The monoisotopic (exact) mass is 281 g/mol. The Morgan fingerprint density at radius 3 is 2.84 bits per heavy atom. The summed E-state index contributed by atoms with van der Waals surface area (Å²) in [4.78, 5) is 22.9. The molecule has 0 radical (unpaired) electrons. The number of hydrogen-bond donors (Lipinski definition) is 2. The van der Waals surface area contributed by atoms with E-state index >= 15 is 0 Å². The van der Waals surface area contributed by atoms with Crippen LogP contribution in [0.5, 0.6) is 0 Å². The summed E-state index contributed by atoms with van der Waals surface area (Å²) in [6.45, 7) is 0.486. The first-order chi connectivity index (χ1) is 9.16. The van der Waals surface area contributed by atoms with Crippen molar-refractivity contribution in [2.45, 2.75) is 32.1 Å². The van der Waals surface area contributed by atoms with Crippen molar-refractivity contribution in [3.05, 3.63) is 22.4 Å². The van der Waals surface area contributed by atoms with Gasteiger partial charge in [0.1, 0.15) is 0 Å². The van der Waals surface area contributed by atoms with E-state index in [1.165, 1.54) is 0 Å². The first kappa shape index (κ1) is 14.1. The highest BCUT2D eigenvalue weighted by atomic mass is 32.1.